The second-order valence-corrected chi connectivity index (χ2v) is 4.00. The van der Waals surface area contributed by atoms with E-state index in [1.165, 1.54) is 6.92 Å². The van der Waals surface area contributed by atoms with Gasteiger partial charge in [0.15, 0.2) is 5.82 Å². The van der Waals surface area contributed by atoms with Crippen LogP contribution in [0.2, 0.25) is 0 Å². The highest BCUT2D eigenvalue weighted by Gasteiger charge is 2.29. The quantitative estimate of drug-likeness (QED) is 0.656. The summed E-state index contributed by atoms with van der Waals surface area (Å²) in [5, 5.41) is 17.1. The fourth-order valence-corrected chi connectivity index (χ4v) is 1.32. The van der Waals surface area contributed by atoms with E-state index in [9.17, 15) is 13.6 Å². The third-order valence-corrected chi connectivity index (χ3v) is 2.33. The minimum absolute atomic E-state index is 0.190. The molecule has 0 aromatic heterocycles. The van der Waals surface area contributed by atoms with E-state index in [2.05, 4.69) is 4.65 Å². The van der Waals surface area contributed by atoms with E-state index in [1.54, 1.807) is 0 Å². The Morgan fingerprint density at radius 1 is 1.50 bits per heavy atom. The highest BCUT2D eigenvalue weighted by molar-refractivity contribution is 6.17. The zero-order valence-corrected chi connectivity index (χ0v) is 9.48. The zero-order chi connectivity index (χ0) is 13.9. The maximum absolute atomic E-state index is 13.6. The van der Waals surface area contributed by atoms with Crippen LogP contribution in [0.3, 0.4) is 0 Å². The smallest absolute Gasteiger partial charge is 0.535 e. The lowest BCUT2D eigenvalue weighted by Gasteiger charge is -2.19. The minimum Gasteiger partial charge on any atom is -0.535 e. The van der Waals surface area contributed by atoms with Crippen LogP contribution in [-0.2, 0) is 11.2 Å². The first kappa shape index (κ1) is 14.4. The van der Waals surface area contributed by atoms with E-state index in [-0.39, 0.29) is 19.7 Å². The normalized spacial score (nSPS) is 13.8. The van der Waals surface area contributed by atoms with Gasteiger partial charge in [-0.3, -0.25) is 4.79 Å². The molecule has 1 aromatic rings. The van der Waals surface area contributed by atoms with E-state index in [0.29, 0.717) is 6.07 Å². The van der Waals surface area contributed by atoms with E-state index in [4.69, 9.17) is 15.9 Å². The molecule has 1 aromatic carbocycles. The van der Waals surface area contributed by atoms with Crippen LogP contribution in [0.5, 0.6) is 5.75 Å². The summed E-state index contributed by atoms with van der Waals surface area (Å²) in [6.07, 6.45) is -0.381. The van der Waals surface area contributed by atoms with Gasteiger partial charge in [-0.15, -0.1) is 0 Å². The van der Waals surface area contributed by atoms with Crippen LogP contribution < -0.4 is 10.4 Å². The fraction of sp³-hybridized carbons (Fsp3) is 0.300. The molecule has 0 amide bonds. The van der Waals surface area contributed by atoms with Crippen molar-refractivity contribution in [3.63, 3.8) is 0 Å². The Labute approximate surface area is 102 Å². The van der Waals surface area contributed by atoms with Gasteiger partial charge >= 0.3 is 13.7 Å². The van der Waals surface area contributed by atoms with Gasteiger partial charge in [0, 0.05) is 12.5 Å². The molecule has 97 valence electrons. The molecule has 0 spiro atoms. The molecule has 8 heteroatoms. The molecule has 5 nitrogen and oxygen atoms in total. The number of hydrogen-bond acceptors (Lipinski definition) is 4. The van der Waals surface area contributed by atoms with Gasteiger partial charge in [0.1, 0.15) is 17.1 Å². The van der Waals surface area contributed by atoms with Gasteiger partial charge in [0.2, 0.25) is 0 Å². The Morgan fingerprint density at radius 3 is 2.61 bits per heavy atom. The molecular weight excluding hydrogens is 247 g/mol. The van der Waals surface area contributed by atoms with Gasteiger partial charge in [-0.25, -0.2) is 8.78 Å². The maximum atomic E-state index is 13.6. The van der Waals surface area contributed by atoms with E-state index < -0.39 is 28.9 Å². The number of hydrogen-bond donors (Lipinski definition) is 3. The van der Waals surface area contributed by atoms with Crippen molar-refractivity contribution in [2.75, 3.05) is 0 Å². The maximum Gasteiger partial charge on any atom is 0.569 e. The highest BCUT2D eigenvalue weighted by Crippen LogP contribution is 2.23. The third kappa shape index (κ3) is 3.17. The number of aliphatic carboxylic acids is 1. The molecule has 0 heterocycles. The summed E-state index contributed by atoms with van der Waals surface area (Å²) >= 11 is 0. The van der Waals surface area contributed by atoms with Crippen molar-refractivity contribution in [2.45, 2.75) is 18.9 Å². The van der Waals surface area contributed by atoms with Crippen molar-refractivity contribution in [2.24, 2.45) is 5.73 Å². The van der Waals surface area contributed by atoms with Crippen LogP contribution in [0, 0.1) is 11.6 Å². The predicted octanol–water partition coefficient (Wildman–Crippen LogP) is 0.215. The predicted molar refractivity (Wildman–Crippen MR) is 58.9 cm³/mol. The van der Waals surface area contributed by atoms with Crippen LogP contribution >= 0.6 is 0 Å². The fourth-order valence-electron chi connectivity index (χ4n) is 1.32. The van der Waals surface area contributed by atoms with E-state index in [1.807, 2.05) is 0 Å². The first-order valence-electron chi connectivity index (χ1n) is 4.90. The lowest BCUT2D eigenvalue weighted by Crippen LogP contribution is -2.47. The molecule has 0 aliphatic heterocycles. The summed E-state index contributed by atoms with van der Waals surface area (Å²) in [5.41, 5.74) is 3.54. The molecule has 0 unspecified atom stereocenters. The lowest BCUT2D eigenvalue weighted by atomic mass is 9.93. The molecular formula is C10H11BF2NO4. The molecule has 1 rings (SSSR count). The molecule has 18 heavy (non-hydrogen) atoms. The van der Waals surface area contributed by atoms with Crippen LogP contribution in [0.15, 0.2) is 12.1 Å². The molecule has 0 aliphatic carbocycles. The summed E-state index contributed by atoms with van der Waals surface area (Å²) in [7, 11) is 0.210. The lowest BCUT2D eigenvalue weighted by molar-refractivity contribution is -0.142. The average Bonchev–Trinajstić information content (AvgIpc) is 2.25. The van der Waals surface area contributed by atoms with Crippen LogP contribution in [0.25, 0.3) is 0 Å². The second kappa shape index (κ2) is 5.32. The number of rotatable bonds is 5. The van der Waals surface area contributed by atoms with Gasteiger partial charge in [-0.2, -0.15) is 0 Å². The molecule has 0 bridgehead atoms. The Bertz CT molecular complexity index is 467. The van der Waals surface area contributed by atoms with E-state index >= 15 is 0 Å². The second-order valence-electron chi connectivity index (χ2n) is 4.00. The summed E-state index contributed by atoms with van der Waals surface area (Å²) in [5.74, 6) is -3.64. The molecule has 1 radical (unpaired) electrons. The number of carbonyl (C=O) groups is 1. The molecule has 0 saturated heterocycles. The summed E-state index contributed by atoms with van der Waals surface area (Å²) in [6.45, 7) is 1.19. The van der Waals surface area contributed by atoms with Crippen molar-refractivity contribution in [3.05, 3.63) is 29.3 Å². The number of nitrogens with two attached hydrogens (primary N) is 1. The molecule has 0 aliphatic rings. The first-order chi connectivity index (χ1) is 8.27. The first-order valence-corrected chi connectivity index (χ1v) is 4.90. The van der Waals surface area contributed by atoms with Crippen LogP contribution in [-0.4, -0.2) is 29.3 Å². The number of benzene rings is 1. The number of carboxylic acid groups (broad SMARTS) is 1. The van der Waals surface area contributed by atoms with Gasteiger partial charge in [-0.1, -0.05) is 0 Å². The highest BCUT2D eigenvalue weighted by atomic mass is 19.1. The van der Waals surface area contributed by atoms with Gasteiger partial charge in [-0.05, 0) is 18.6 Å². The van der Waals surface area contributed by atoms with Crippen molar-refractivity contribution < 1.29 is 28.4 Å². The largest absolute Gasteiger partial charge is 0.569 e. The number of halogens is 2. The standard InChI is InChI=1S/C10H11BF2NO4/c1-10(14,9(15)16)4-5-2-7(13)8(18-11-17)3-6(5)12/h2-3,17H,4,14H2,1H3,(H,15,16)/t10-/m1/s1. The summed E-state index contributed by atoms with van der Waals surface area (Å²) in [4.78, 5) is 10.8. The van der Waals surface area contributed by atoms with Crippen LogP contribution in [0.1, 0.15) is 12.5 Å². The topological polar surface area (TPSA) is 92.8 Å². The van der Waals surface area contributed by atoms with E-state index in [0.717, 1.165) is 6.07 Å². The van der Waals surface area contributed by atoms with Gasteiger partial charge < -0.3 is 20.5 Å². The summed E-state index contributed by atoms with van der Waals surface area (Å²) in [6, 6.07) is 1.48. The molecule has 0 saturated carbocycles. The van der Waals surface area contributed by atoms with Crippen molar-refractivity contribution in [1.82, 2.24) is 0 Å². The van der Waals surface area contributed by atoms with Gasteiger partial charge in [0.25, 0.3) is 0 Å². The minimum atomic E-state index is -1.71. The Hall–Kier alpha value is -1.67. The monoisotopic (exact) mass is 258 g/mol. The molecule has 0 fully saturated rings. The van der Waals surface area contributed by atoms with Crippen molar-refractivity contribution in [3.8, 4) is 5.75 Å². The van der Waals surface area contributed by atoms with Crippen molar-refractivity contribution in [1.29, 1.82) is 0 Å². The number of carboxylic acids is 1. The Morgan fingerprint density at radius 2 is 2.11 bits per heavy atom. The molecule has 4 N–H and O–H groups in total. The van der Waals surface area contributed by atoms with Crippen molar-refractivity contribution >= 4 is 13.7 Å². The molecule has 1 atom stereocenters. The van der Waals surface area contributed by atoms with Gasteiger partial charge in [0.05, 0.1) is 0 Å². The Kier molecular flexibility index (Phi) is 4.26. The zero-order valence-electron chi connectivity index (χ0n) is 9.48. The van der Waals surface area contributed by atoms with Crippen LogP contribution in [0.4, 0.5) is 8.78 Å². The Balaban J connectivity index is 3.05. The SMILES string of the molecule is C[C@@](N)(Cc1cc(F)c(O[B]O)cc1F)C(=O)O. The third-order valence-electron chi connectivity index (χ3n) is 2.33. The average molecular weight is 258 g/mol. The summed E-state index contributed by atoms with van der Waals surface area (Å²) < 4.78 is 31.3.